The molecule has 2 amide bonds. The molecule has 3 fully saturated rings. The normalized spacial score (nSPS) is 17.7. The molecule has 0 saturated carbocycles. The number of nitriles is 1. The molecule has 11 nitrogen and oxygen atoms in total. The van der Waals surface area contributed by atoms with Crippen molar-refractivity contribution in [2.75, 3.05) is 32.8 Å². The Kier molecular flexibility index (Phi) is 16.5. The zero-order chi connectivity index (χ0) is 41.8. The van der Waals surface area contributed by atoms with Gasteiger partial charge in [-0.25, -0.2) is 9.59 Å². The summed E-state index contributed by atoms with van der Waals surface area (Å²) in [4.78, 5) is 36.4. The highest BCUT2D eigenvalue weighted by Crippen LogP contribution is 2.30. The van der Waals surface area contributed by atoms with E-state index in [0.717, 1.165) is 30.9 Å². The SMILES string of the molecule is CC(C)(C)OC(=O)N1CC(=O)C1.CC(C)(C)OC(=O)N1CC(C#N)(NCc2ccc(C(F)(F)F)cc2)C1.CC1CCCO1.NCc1ccc(C(F)(F)F)cc1. The second-order valence-electron chi connectivity index (χ2n) is 15.2. The van der Waals surface area contributed by atoms with E-state index in [1.807, 2.05) is 0 Å². The Morgan fingerprint density at radius 1 is 0.836 bits per heavy atom. The molecular weight excluding hydrogens is 736 g/mol. The molecule has 0 radical (unpaired) electrons. The Morgan fingerprint density at radius 2 is 1.27 bits per heavy atom. The molecule has 306 valence electrons. The molecule has 3 aliphatic heterocycles. The Bertz CT molecular complexity index is 1580. The van der Waals surface area contributed by atoms with Crippen LogP contribution in [0.15, 0.2) is 48.5 Å². The third-order valence-corrected chi connectivity index (χ3v) is 7.76. The van der Waals surface area contributed by atoms with Crippen molar-refractivity contribution in [3.05, 3.63) is 70.8 Å². The maximum absolute atomic E-state index is 12.5. The van der Waals surface area contributed by atoms with Gasteiger partial charge in [0.05, 0.1) is 49.5 Å². The number of ether oxygens (including phenoxy) is 3. The van der Waals surface area contributed by atoms with E-state index >= 15 is 0 Å². The summed E-state index contributed by atoms with van der Waals surface area (Å²) >= 11 is 0. The van der Waals surface area contributed by atoms with Crippen LogP contribution in [0, 0.1) is 11.3 Å². The highest BCUT2D eigenvalue weighted by molar-refractivity contribution is 5.94. The summed E-state index contributed by atoms with van der Waals surface area (Å²) in [6.45, 7) is 15.0. The second kappa shape index (κ2) is 19.5. The topological polar surface area (TPSA) is 147 Å². The van der Waals surface area contributed by atoms with Crippen LogP contribution in [0.2, 0.25) is 0 Å². The van der Waals surface area contributed by atoms with Crippen LogP contribution in [0.25, 0.3) is 0 Å². The smallest absolute Gasteiger partial charge is 0.416 e. The van der Waals surface area contributed by atoms with Gasteiger partial charge >= 0.3 is 24.5 Å². The number of halogens is 6. The number of alkyl halides is 6. The van der Waals surface area contributed by atoms with E-state index < -0.39 is 52.4 Å². The number of Topliss-reactive ketones (excluding diaryl/α,β-unsaturated/α-hetero) is 1. The van der Waals surface area contributed by atoms with Crippen molar-refractivity contribution >= 4 is 18.0 Å². The number of carbonyl (C=O) groups excluding carboxylic acids is 3. The maximum Gasteiger partial charge on any atom is 0.416 e. The van der Waals surface area contributed by atoms with Crippen LogP contribution in [0.1, 0.15) is 83.6 Å². The fraction of sp³-hybridized carbons (Fsp3) is 0.579. The van der Waals surface area contributed by atoms with Crippen molar-refractivity contribution < 1.29 is 54.9 Å². The molecule has 17 heteroatoms. The zero-order valence-electron chi connectivity index (χ0n) is 32.2. The molecule has 3 N–H and O–H groups in total. The molecular formula is C38H51F6N5O6. The van der Waals surface area contributed by atoms with E-state index in [0.29, 0.717) is 17.2 Å². The number of hydrogen-bond donors (Lipinski definition) is 2. The monoisotopic (exact) mass is 787 g/mol. The van der Waals surface area contributed by atoms with Gasteiger partial charge in [0.15, 0.2) is 5.78 Å². The fourth-order valence-corrected chi connectivity index (χ4v) is 4.77. The average molecular weight is 788 g/mol. The summed E-state index contributed by atoms with van der Waals surface area (Å²) in [5.41, 5.74) is 3.18. The van der Waals surface area contributed by atoms with Gasteiger partial charge in [-0.05, 0) is 96.7 Å². The summed E-state index contributed by atoms with van der Waals surface area (Å²) in [5, 5.41) is 12.4. The lowest BCUT2D eigenvalue weighted by atomic mass is 9.91. The molecule has 5 rings (SSSR count). The molecule has 3 saturated heterocycles. The second-order valence-corrected chi connectivity index (χ2v) is 15.2. The quantitative estimate of drug-likeness (QED) is 0.302. The van der Waals surface area contributed by atoms with Gasteiger partial charge < -0.3 is 24.8 Å². The van der Waals surface area contributed by atoms with E-state index in [4.69, 9.17) is 19.9 Å². The van der Waals surface area contributed by atoms with Gasteiger partial charge in [-0.1, -0.05) is 24.3 Å². The molecule has 2 aromatic carbocycles. The van der Waals surface area contributed by atoms with Crippen molar-refractivity contribution in [1.82, 2.24) is 15.1 Å². The summed E-state index contributed by atoms with van der Waals surface area (Å²) in [6, 6.07) is 11.7. The Hall–Kier alpha value is -4.40. The highest BCUT2D eigenvalue weighted by atomic mass is 19.4. The number of amides is 2. The third-order valence-electron chi connectivity index (χ3n) is 7.76. The zero-order valence-corrected chi connectivity index (χ0v) is 32.2. The van der Waals surface area contributed by atoms with Crippen LogP contribution in [-0.4, -0.2) is 83.4 Å². The minimum Gasteiger partial charge on any atom is -0.444 e. The van der Waals surface area contributed by atoms with Gasteiger partial charge in [-0.2, -0.15) is 31.6 Å². The van der Waals surface area contributed by atoms with E-state index in [-0.39, 0.29) is 45.1 Å². The number of nitrogens with zero attached hydrogens (tertiary/aromatic N) is 3. The van der Waals surface area contributed by atoms with Crippen molar-refractivity contribution in [3.63, 3.8) is 0 Å². The minimum atomic E-state index is -4.37. The van der Waals surface area contributed by atoms with E-state index in [1.54, 1.807) is 41.5 Å². The molecule has 0 aromatic heterocycles. The number of nitrogens with one attached hydrogen (secondary N) is 1. The number of likely N-dealkylation sites (tertiary alicyclic amines) is 2. The van der Waals surface area contributed by atoms with Gasteiger partial charge in [-0.15, -0.1) is 0 Å². The number of rotatable bonds is 4. The molecule has 0 spiro atoms. The third kappa shape index (κ3) is 16.9. The van der Waals surface area contributed by atoms with Crippen molar-refractivity contribution in [3.8, 4) is 6.07 Å². The molecule has 1 unspecified atom stereocenters. The maximum atomic E-state index is 12.5. The van der Waals surface area contributed by atoms with Crippen LogP contribution >= 0.6 is 0 Å². The predicted octanol–water partition coefficient (Wildman–Crippen LogP) is 7.46. The molecule has 3 aliphatic rings. The van der Waals surface area contributed by atoms with Gasteiger partial charge in [-0.3, -0.25) is 15.0 Å². The lowest BCUT2D eigenvalue weighted by molar-refractivity contribution is -0.138. The lowest BCUT2D eigenvalue weighted by Crippen LogP contribution is -2.69. The van der Waals surface area contributed by atoms with Crippen molar-refractivity contribution in [2.45, 2.75) is 110 Å². The predicted molar refractivity (Wildman–Crippen MR) is 191 cm³/mol. The van der Waals surface area contributed by atoms with Crippen LogP contribution in [-0.2, 0) is 44.4 Å². The average Bonchev–Trinajstić information content (AvgIpc) is 3.52. The van der Waals surface area contributed by atoms with Crippen LogP contribution in [0.4, 0.5) is 35.9 Å². The Balaban J connectivity index is 0.000000289. The number of nitrogens with two attached hydrogens (primary N) is 1. The summed E-state index contributed by atoms with van der Waals surface area (Å²) in [5.74, 6) is 0.0841. The summed E-state index contributed by atoms with van der Waals surface area (Å²) in [6.07, 6.45) is -6.45. The number of hydrogen-bond acceptors (Lipinski definition) is 9. The van der Waals surface area contributed by atoms with Crippen molar-refractivity contribution in [1.29, 1.82) is 5.26 Å². The molecule has 0 aliphatic carbocycles. The standard InChI is InChI=1S/C17H20F3N3O2.C8H8F3N.C8H13NO3.C5H10O/c1-15(2,3)25-14(24)23-10-16(9-21,11-23)22-8-12-4-6-13(7-5-12)17(18,19)20;9-8(10,11)7-3-1-6(5-12)2-4-7;1-8(2,3)12-7(11)9-4-6(10)5-9;1-5-3-2-4-6-5/h4-7,22H,8,10-11H2,1-3H3;1-4H,5,12H2;4-5H2,1-3H3;5H,2-4H2,1H3. The summed E-state index contributed by atoms with van der Waals surface area (Å²) in [7, 11) is 0. The first-order valence-corrected chi connectivity index (χ1v) is 17.5. The van der Waals surface area contributed by atoms with Gasteiger partial charge in [0.1, 0.15) is 16.7 Å². The largest absolute Gasteiger partial charge is 0.444 e. The molecule has 0 bridgehead atoms. The van der Waals surface area contributed by atoms with E-state index in [2.05, 4.69) is 18.3 Å². The van der Waals surface area contributed by atoms with Crippen LogP contribution in [0.5, 0.6) is 0 Å². The number of ketones is 1. The number of benzene rings is 2. The first-order valence-electron chi connectivity index (χ1n) is 17.5. The first kappa shape index (κ1) is 46.8. The van der Waals surface area contributed by atoms with Gasteiger partial charge in [0, 0.05) is 19.7 Å². The molecule has 1 atom stereocenters. The van der Waals surface area contributed by atoms with Crippen LogP contribution in [0.3, 0.4) is 0 Å². The first-order chi connectivity index (χ1) is 25.3. The highest BCUT2D eigenvalue weighted by Gasteiger charge is 2.47. The molecule has 2 aromatic rings. The number of carbonyl (C=O) groups is 3. The fourth-order valence-electron chi connectivity index (χ4n) is 4.77. The lowest BCUT2D eigenvalue weighted by Gasteiger charge is -2.45. The van der Waals surface area contributed by atoms with E-state index in [9.17, 15) is 46.0 Å². The summed E-state index contributed by atoms with van der Waals surface area (Å²) < 4.78 is 89.0. The minimum absolute atomic E-state index is 0.0841. The van der Waals surface area contributed by atoms with Gasteiger partial charge in [0.2, 0.25) is 0 Å². The van der Waals surface area contributed by atoms with Gasteiger partial charge in [0.25, 0.3) is 0 Å². The van der Waals surface area contributed by atoms with Crippen LogP contribution < -0.4 is 11.1 Å². The Labute approximate surface area is 318 Å². The molecule has 3 heterocycles. The Morgan fingerprint density at radius 3 is 1.58 bits per heavy atom. The van der Waals surface area contributed by atoms with Crippen molar-refractivity contribution in [2.24, 2.45) is 5.73 Å². The molecule has 55 heavy (non-hydrogen) atoms. The van der Waals surface area contributed by atoms with E-state index in [1.165, 1.54) is 46.9 Å².